The molecule has 1 aromatic rings. The molecule has 0 radical (unpaired) electrons. The Kier molecular flexibility index (Phi) is 2.91. The Labute approximate surface area is 68.6 Å². The van der Waals surface area contributed by atoms with E-state index in [1.807, 2.05) is 6.07 Å². The molecule has 0 aliphatic carbocycles. The van der Waals surface area contributed by atoms with Gasteiger partial charge in [0.2, 0.25) is 0 Å². The first-order valence-electron chi connectivity index (χ1n) is 4.06. The molecule has 58 valence electrons. The van der Waals surface area contributed by atoms with Gasteiger partial charge in [-0.15, -0.1) is 0 Å². The van der Waals surface area contributed by atoms with Crippen LogP contribution in [0.5, 0.6) is 0 Å². The van der Waals surface area contributed by atoms with Crippen LogP contribution >= 0.6 is 0 Å². The van der Waals surface area contributed by atoms with Crippen molar-refractivity contribution in [1.29, 1.82) is 0 Å². The second kappa shape index (κ2) is 3.97. The molecule has 0 saturated heterocycles. The molecule has 0 saturated carbocycles. The van der Waals surface area contributed by atoms with Crippen molar-refractivity contribution in [1.82, 2.24) is 0 Å². The Bertz CT molecular complexity index is 231. The fraction of sp³-hybridized carbons (Fsp3) is 0.273. The molecule has 0 bridgehead atoms. The lowest BCUT2D eigenvalue weighted by Gasteiger charge is -1.98. The average Bonchev–Trinajstić information content (AvgIpc) is 2.07. The van der Waals surface area contributed by atoms with Crippen LogP contribution in [0.1, 0.15) is 25.8 Å². The normalized spacial score (nSPS) is 11.6. The Morgan fingerprint density at radius 1 is 1.27 bits per heavy atom. The lowest BCUT2D eigenvalue weighted by molar-refractivity contribution is 1.22. The average molecular weight is 146 g/mol. The van der Waals surface area contributed by atoms with E-state index in [4.69, 9.17) is 0 Å². The molecule has 0 spiro atoms. The van der Waals surface area contributed by atoms with Gasteiger partial charge in [0.1, 0.15) is 0 Å². The monoisotopic (exact) mass is 146 g/mol. The minimum absolute atomic E-state index is 1.11. The van der Waals surface area contributed by atoms with Gasteiger partial charge in [-0.25, -0.2) is 0 Å². The van der Waals surface area contributed by atoms with Crippen LogP contribution in [0.3, 0.4) is 0 Å². The highest BCUT2D eigenvalue weighted by molar-refractivity contribution is 5.63. The van der Waals surface area contributed by atoms with Crippen LogP contribution in [0.4, 0.5) is 0 Å². The summed E-state index contributed by atoms with van der Waals surface area (Å²) in [5, 5.41) is 0. The summed E-state index contributed by atoms with van der Waals surface area (Å²) in [6.07, 6.45) is 3.36. The van der Waals surface area contributed by atoms with Crippen molar-refractivity contribution < 1.29 is 0 Å². The van der Waals surface area contributed by atoms with Crippen molar-refractivity contribution in [3.63, 3.8) is 0 Å². The highest BCUT2D eigenvalue weighted by atomic mass is 14.0. The zero-order valence-corrected chi connectivity index (χ0v) is 7.17. The van der Waals surface area contributed by atoms with E-state index in [0.29, 0.717) is 0 Å². The van der Waals surface area contributed by atoms with E-state index in [9.17, 15) is 0 Å². The predicted molar refractivity (Wildman–Crippen MR) is 50.4 cm³/mol. The molecule has 0 N–H and O–H groups in total. The third-order valence-electron chi connectivity index (χ3n) is 1.74. The summed E-state index contributed by atoms with van der Waals surface area (Å²) in [4.78, 5) is 0. The topological polar surface area (TPSA) is 0 Å². The van der Waals surface area contributed by atoms with E-state index in [2.05, 4.69) is 44.2 Å². The van der Waals surface area contributed by atoms with Crippen LogP contribution in [0.15, 0.2) is 36.4 Å². The quantitative estimate of drug-likeness (QED) is 0.599. The van der Waals surface area contributed by atoms with Gasteiger partial charge in [0, 0.05) is 0 Å². The number of allylic oxidation sites excluding steroid dienone is 2. The molecule has 1 rings (SSSR count). The van der Waals surface area contributed by atoms with E-state index in [-0.39, 0.29) is 0 Å². The molecule has 0 amide bonds. The van der Waals surface area contributed by atoms with Gasteiger partial charge >= 0.3 is 0 Å². The molecule has 0 unspecified atom stereocenters. The van der Waals surface area contributed by atoms with Crippen molar-refractivity contribution in [2.75, 3.05) is 0 Å². The van der Waals surface area contributed by atoms with Gasteiger partial charge in [0.25, 0.3) is 0 Å². The summed E-state index contributed by atoms with van der Waals surface area (Å²) in [5.41, 5.74) is 2.70. The largest absolute Gasteiger partial charge is 0.0813 e. The van der Waals surface area contributed by atoms with Gasteiger partial charge in [-0.2, -0.15) is 0 Å². The highest BCUT2D eigenvalue weighted by Crippen LogP contribution is 2.12. The molecule has 0 nitrogen and oxygen atoms in total. The van der Waals surface area contributed by atoms with E-state index >= 15 is 0 Å². The maximum Gasteiger partial charge on any atom is -0.0231 e. The first kappa shape index (κ1) is 8.06. The maximum atomic E-state index is 2.25. The molecule has 0 heteroatoms. The fourth-order valence-electron chi connectivity index (χ4n) is 1.13. The minimum Gasteiger partial charge on any atom is -0.0813 e. The first-order chi connectivity index (χ1) is 5.34. The van der Waals surface area contributed by atoms with Crippen LogP contribution in [-0.2, 0) is 0 Å². The van der Waals surface area contributed by atoms with Crippen molar-refractivity contribution in [3.05, 3.63) is 42.0 Å². The van der Waals surface area contributed by atoms with Gasteiger partial charge in [-0.05, 0) is 24.5 Å². The zero-order valence-electron chi connectivity index (χ0n) is 7.17. The van der Waals surface area contributed by atoms with Crippen molar-refractivity contribution in [2.45, 2.75) is 20.3 Å². The summed E-state index contributed by atoms with van der Waals surface area (Å²) in [5.74, 6) is 0. The number of benzene rings is 1. The molecular formula is C11H14. The minimum atomic E-state index is 1.11. The summed E-state index contributed by atoms with van der Waals surface area (Å²) < 4.78 is 0. The Hall–Kier alpha value is -1.04. The highest BCUT2D eigenvalue weighted by Gasteiger charge is 1.90. The maximum absolute atomic E-state index is 2.25. The van der Waals surface area contributed by atoms with Gasteiger partial charge in [0.05, 0.1) is 0 Å². The summed E-state index contributed by atoms with van der Waals surface area (Å²) >= 11 is 0. The fourth-order valence-corrected chi connectivity index (χ4v) is 1.13. The van der Waals surface area contributed by atoms with E-state index in [0.717, 1.165) is 6.42 Å². The van der Waals surface area contributed by atoms with Gasteiger partial charge in [0.15, 0.2) is 0 Å². The number of hydrogen-bond acceptors (Lipinski definition) is 0. The lowest BCUT2D eigenvalue weighted by Crippen LogP contribution is -1.76. The SMILES string of the molecule is CC/C=C(/C)c1ccccc1. The summed E-state index contributed by atoms with van der Waals surface area (Å²) in [6.45, 7) is 4.31. The summed E-state index contributed by atoms with van der Waals surface area (Å²) in [6, 6.07) is 10.5. The molecule has 1 aromatic carbocycles. The molecule has 0 heterocycles. The van der Waals surface area contributed by atoms with Gasteiger partial charge in [-0.3, -0.25) is 0 Å². The lowest BCUT2D eigenvalue weighted by atomic mass is 10.1. The predicted octanol–water partition coefficient (Wildman–Crippen LogP) is 3.50. The molecule has 0 aromatic heterocycles. The van der Waals surface area contributed by atoms with Crippen molar-refractivity contribution >= 4 is 5.57 Å². The second-order valence-corrected chi connectivity index (χ2v) is 2.66. The molecule has 0 fully saturated rings. The molecule has 11 heavy (non-hydrogen) atoms. The van der Waals surface area contributed by atoms with Crippen LogP contribution in [0.2, 0.25) is 0 Å². The smallest absolute Gasteiger partial charge is 0.0231 e. The zero-order chi connectivity index (χ0) is 8.10. The van der Waals surface area contributed by atoms with E-state index < -0.39 is 0 Å². The van der Waals surface area contributed by atoms with Crippen LogP contribution in [0, 0.1) is 0 Å². The molecule has 0 aliphatic heterocycles. The van der Waals surface area contributed by atoms with E-state index in [1.54, 1.807) is 0 Å². The van der Waals surface area contributed by atoms with Gasteiger partial charge in [-0.1, -0.05) is 43.3 Å². The van der Waals surface area contributed by atoms with Crippen LogP contribution < -0.4 is 0 Å². The van der Waals surface area contributed by atoms with Gasteiger partial charge < -0.3 is 0 Å². The second-order valence-electron chi connectivity index (χ2n) is 2.66. The molecular weight excluding hydrogens is 132 g/mol. The van der Waals surface area contributed by atoms with Crippen LogP contribution in [0.25, 0.3) is 5.57 Å². The molecule has 0 aliphatic rings. The molecule has 0 atom stereocenters. The third kappa shape index (κ3) is 2.23. The third-order valence-corrected chi connectivity index (χ3v) is 1.74. The van der Waals surface area contributed by atoms with Crippen molar-refractivity contribution in [3.8, 4) is 0 Å². The summed E-state index contributed by atoms with van der Waals surface area (Å²) in [7, 11) is 0. The Morgan fingerprint density at radius 2 is 1.91 bits per heavy atom. The van der Waals surface area contributed by atoms with Crippen LogP contribution in [-0.4, -0.2) is 0 Å². The standard InChI is InChI=1S/C11H14/c1-3-7-10(2)11-8-5-4-6-9-11/h4-9H,3H2,1-2H3/b10-7-. The van der Waals surface area contributed by atoms with E-state index in [1.165, 1.54) is 11.1 Å². The number of hydrogen-bond donors (Lipinski definition) is 0. The Morgan fingerprint density at radius 3 is 2.45 bits per heavy atom. The first-order valence-corrected chi connectivity index (χ1v) is 4.06. The number of rotatable bonds is 2. The Balaban J connectivity index is 2.85. The van der Waals surface area contributed by atoms with Crippen molar-refractivity contribution in [2.24, 2.45) is 0 Å².